The van der Waals surface area contributed by atoms with Crippen LogP contribution < -0.4 is 11.1 Å². The van der Waals surface area contributed by atoms with Crippen molar-refractivity contribution in [3.63, 3.8) is 0 Å². The summed E-state index contributed by atoms with van der Waals surface area (Å²) < 4.78 is 5.36. The normalized spacial score (nSPS) is 29.4. The van der Waals surface area contributed by atoms with Gasteiger partial charge in [-0.05, 0) is 11.6 Å². The van der Waals surface area contributed by atoms with Crippen molar-refractivity contribution >= 4 is 5.91 Å². The lowest BCUT2D eigenvalue weighted by Gasteiger charge is -2.14. The Hall–Kier alpha value is -1.54. The lowest BCUT2D eigenvalue weighted by atomic mass is 10.1. The second-order valence-corrected chi connectivity index (χ2v) is 4.77. The molecule has 2 rings (SSSR count). The third kappa shape index (κ3) is 3.51. The molecule has 1 saturated heterocycles. The number of ether oxygens (including phenoxy) is 1. The Balaban J connectivity index is 1.80. The Morgan fingerprint density at radius 3 is 2.75 bits per heavy atom. The van der Waals surface area contributed by atoms with Crippen LogP contribution in [0.3, 0.4) is 0 Å². The molecule has 0 unspecified atom stereocenters. The van der Waals surface area contributed by atoms with Crippen molar-refractivity contribution in [3.8, 4) is 0 Å². The van der Waals surface area contributed by atoms with E-state index in [0.717, 1.165) is 5.56 Å². The number of nitrogens with one attached hydrogen (secondary N) is 1. The highest BCUT2D eigenvalue weighted by Crippen LogP contribution is 2.22. The molecular formula is C13H19N3O4. The second kappa shape index (κ2) is 6.76. The Morgan fingerprint density at radius 1 is 1.40 bits per heavy atom. The summed E-state index contributed by atoms with van der Waals surface area (Å²) in [7, 11) is 0. The van der Waals surface area contributed by atoms with Gasteiger partial charge < -0.3 is 26.0 Å². The van der Waals surface area contributed by atoms with Crippen molar-refractivity contribution in [2.45, 2.75) is 37.4 Å². The van der Waals surface area contributed by atoms with Crippen LogP contribution in [0.4, 0.5) is 0 Å². The Morgan fingerprint density at radius 2 is 2.15 bits per heavy atom. The first-order valence-electron chi connectivity index (χ1n) is 6.49. The summed E-state index contributed by atoms with van der Waals surface area (Å²) >= 11 is 0. The molecule has 0 aromatic carbocycles. The number of nitrogens with zero attached hydrogens (tertiary/aromatic N) is 1. The average Bonchev–Trinajstić information content (AvgIpc) is 2.74. The highest BCUT2D eigenvalue weighted by molar-refractivity contribution is 5.76. The third-order valence-corrected chi connectivity index (χ3v) is 3.29. The van der Waals surface area contributed by atoms with Crippen LogP contribution in [0.25, 0.3) is 0 Å². The van der Waals surface area contributed by atoms with Crippen molar-refractivity contribution in [1.29, 1.82) is 0 Å². The van der Waals surface area contributed by atoms with E-state index in [1.807, 2.05) is 6.07 Å². The maximum Gasteiger partial charge on any atom is 0.222 e. The molecule has 20 heavy (non-hydrogen) atoms. The SMILES string of the molecule is NC[C@H]1O[C@@H](CC(=O)NCc2cccnc2)[C@H](O)[C@@H]1O. The lowest BCUT2D eigenvalue weighted by molar-refractivity contribution is -0.125. The minimum Gasteiger partial charge on any atom is -0.388 e. The maximum absolute atomic E-state index is 11.8. The number of aromatic nitrogens is 1. The molecule has 7 heteroatoms. The van der Waals surface area contributed by atoms with E-state index in [2.05, 4.69) is 10.3 Å². The monoisotopic (exact) mass is 281 g/mol. The minimum absolute atomic E-state index is 0.0189. The molecule has 110 valence electrons. The zero-order chi connectivity index (χ0) is 14.5. The predicted molar refractivity (Wildman–Crippen MR) is 70.4 cm³/mol. The van der Waals surface area contributed by atoms with Crippen LogP contribution in [-0.2, 0) is 16.1 Å². The molecule has 0 aliphatic carbocycles. The lowest BCUT2D eigenvalue weighted by Crippen LogP contribution is -2.37. The van der Waals surface area contributed by atoms with Crippen molar-refractivity contribution in [3.05, 3.63) is 30.1 Å². The summed E-state index contributed by atoms with van der Waals surface area (Å²) in [5.74, 6) is -0.261. The molecule has 7 nitrogen and oxygen atoms in total. The third-order valence-electron chi connectivity index (χ3n) is 3.29. The van der Waals surface area contributed by atoms with Crippen LogP contribution in [0.15, 0.2) is 24.5 Å². The van der Waals surface area contributed by atoms with E-state index in [1.165, 1.54) is 0 Å². The number of nitrogens with two attached hydrogens (primary N) is 1. The molecule has 5 N–H and O–H groups in total. The molecule has 2 heterocycles. The van der Waals surface area contributed by atoms with Crippen LogP contribution >= 0.6 is 0 Å². The minimum atomic E-state index is -1.09. The Bertz CT molecular complexity index is 443. The van der Waals surface area contributed by atoms with E-state index in [0.29, 0.717) is 6.54 Å². The fourth-order valence-corrected chi connectivity index (χ4v) is 2.15. The first kappa shape index (κ1) is 14.9. The smallest absolute Gasteiger partial charge is 0.222 e. The zero-order valence-electron chi connectivity index (χ0n) is 11.0. The number of hydrogen-bond acceptors (Lipinski definition) is 6. The van der Waals surface area contributed by atoms with Gasteiger partial charge in [0.2, 0.25) is 5.91 Å². The molecule has 1 aromatic rings. The van der Waals surface area contributed by atoms with Gasteiger partial charge in [-0.15, -0.1) is 0 Å². The van der Waals surface area contributed by atoms with Crippen molar-refractivity contribution in [1.82, 2.24) is 10.3 Å². The van der Waals surface area contributed by atoms with E-state index in [9.17, 15) is 15.0 Å². The number of carbonyl (C=O) groups is 1. The molecule has 1 amide bonds. The van der Waals surface area contributed by atoms with Gasteiger partial charge >= 0.3 is 0 Å². The number of hydrogen-bond donors (Lipinski definition) is 4. The van der Waals surface area contributed by atoms with Gasteiger partial charge in [-0.3, -0.25) is 9.78 Å². The molecule has 1 fully saturated rings. The molecule has 0 saturated carbocycles. The van der Waals surface area contributed by atoms with Gasteiger partial charge in [0.1, 0.15) is 12.2 Å². The van der Waals surface area contributed by atoms with E-state index < -0.39 is 24.4 Å². The van der Waals surface area contributed by atoms with E-state index >= 15 is 0 Å². The van der Waals surface area contributed by atoms with Crippen LogP contribution in [0, 0.1) is 0 Å². The fraction of sp³-hybridized carbons (Fsp3) is 0.538. The van der Waals surface area contributed by atoms with Crippen molar-refractivity contribution in [2.75, 3.05) is 6.54 Å². The van der Waals surface area contributed by atoms with Crippen molar-refractivity contribution in [2.24, 2.45) is 5.73 Å². The number of aliphatic hydroxyl groups is 2. The van der Waals surface area contributed by atoms with Crippen LogP contribution in [-0.4, -0.2) is 52.1 Å². The summed E-state index contributed by atoms with van der Waals surface area (Å²) in [5.41, 5.74) is 6.29. The van der Waals surface area contributed by atoms with Gasteiger partial charge in [0, 0.05) is 25.5 Å². The number of rotatable bonds is 5. The molecule has 1 aliphatic heterocycles. The van der Waals surface area contributed by atoms with Gasteiger partial charge in [-0.2, -0.15) is 0 Å². The summed E-state index contributed by atoms with van der Waals surface area (Å²) in [6.07, 6.45) is -0.190. The molecule has 0 bridgehead atoms. The summed E-state index contributed by atoms with van der Waals surface area (Å²) in [5, 5.41) is 22.1. The standard InChI is InChI=1S/C13H19N3O4/c14-5-10-13(19)12(18)9(20-10)4-11(17)16-7-8-2-1-3-15-6-8/h1-3,6,9-10,12-13,18-19H,4-5,7,14H2,(H,16,17)/t9-,10+,12-,13+/m0/s1. The number of amides is 1. The Kier molecular flexibility index (Phi) is 5.02. The predicted octanol–water partition coefficient (Wildman–Crippen LogP) is -1.46. The second-order valence-electron chi connectivity index (χ2n) is 4.77. The highest BCUT2D eigenvalue weighted by atomic mass is 16.5. The van der Waals surface area contributed by atoms with Crippen LogP contribution in [0.2, 0.25) is 0 Å². The highest BCUT2D eigenvalue weighted by Gasteiger charge is 2.42. The molecule has 1 aromatic heterocycles. The van der Waals surface area contributed by atoms with Gasteiger partial charge in [-0.1, -0.05) is 6.07 Å². The van der Waals surface area contributed by atoms with E-state index in [-0.39, 0.29) is 18.9 Å². The van der Waals surface area contributed by atoms with Gasteiger partial charge in [-0.25, -0.2) is 0 Å². The van der Waals surface area contributed by atoms with Gasteiger partial charge in [0.15, 0.2) is 0 Å². The summed E-state index contributed by atoms with van der Waals surface area (Å²) in [6, 6.07) is 3.63. The molecule has 1 aliphatic rings. The summed E-state index contributed by atoms with van der Waals surface area (Å²) in [6.45, 7) is 0.463. The van der Waals surface area contributed by atoms with Gasteiger partial charge in [0.05, 0.1) is 18.6 Å². The topological polar surface area (TPSA) is 118 Å². The molecule has 0 spiro atoms. The Labute approximate surface area is 116 Å². The van der Waals surface area contributed by atoms with Gasteiger partial charge in [0.25, 0.3) is 0 Å². The average molecular weight is 281 g/mol. The first-order chi connectivity index (χ1) is 9.61. The van der Waals surface area contributed by atoms with Crippen molar-refractivity contribution < 1.29 is 19.7 Å². The largest absolute Gasteiger partial charge is 0.388 e. The number of pyridine rings is 1. The maximum atomic E-state index is 11.8. The number of carbonyl (C=O) groups excluding carboxylic acids is 1. The first-order valence-corrected chi connectivity index (χ1v) is 6.49. The molecular weight excluding hydrogens is 262 g/mol. The summed E-state index contributed by atoms with van der Waals surface area (Å²) in [4.78, 5) is 15.7. The number of aliphatic hydroxyl groups excluding tert-OH is 2. The van der Waals surface area contributed by atoms with Crippen LogP contribution in [0.5, 0.6) is 0 Å². The van der Waals surface area contributed by atoms with E-state index in [1.54, 1.807) is 18.5 Å². The van der Waals surface area contributed by atoms with E-state index in [4.69, 9.17) is 10.5 Å². The van der Waals surface area contributed by atoms with Crippen LogP contribution in [0.1, 0.15) is 12.0 Å². The zero-order valence-corrected chi connectivity index (χ0v) is 11.0. The fourth-order valence-electron chi connectivity index (χ4n) is 2.15. The molecule has 0 radical (unpaired) electrons. The quantitative estimate of drug-likeness (QED) is 0.524. The molecule has 4 atom stereocenters.